The van der Waals surface area contributed by atoms with Gasteiger partial charge in [-0.15, -0.1) is 0 Å². The number of carbonyl (C=O) groups excluding carboxylic acids is 2. The smallest absolute Gasteiger partial charge is 0.487 e. The van der Waals surface area contributed by atoms with Gasteiger partial charge in [-0.2, -0.15) is 10.2 Å². The van der Waals surface area contributed by atoms with Gasteiger partial charge in [0.1, 0.15) is 23.7 Å². The molecule has 7 aliphatic rings. The summed E-state index contributed by atoms with van der Waals surface area (Å²) in [6, 6.07) is 18.1. The molecule has 0 unspecified atom stereocenters. The van der Waals surface area contributed by atoms with Crippen molar-refractivity contribution >= 4 is 47.2 Å². The van der Waals surface area contributed by atoms with Crippen molar-refractivity contribution in [1.29, 1.82) is 0 Å². The van der Waals surface area contributed by atoms with E-state index >= 15 is 0 Å². The van der Waals surface area contributed by atoms with E-state index in [-0.39, 0.29) is 42.6 Å². The highest BCUT2D eigenvalue weighted by Gasteiger charge is 2.52. The van der Waals surface area contributed by atoms with Crippen LogP contribution >= 0.6 is 22.6 Å². The van der Waals surface area contributed by atoms with Gasteiger partial charge in [-0.25, -0.2) is 9.59 Å². The maximum atomic E-state index is 12.9. The van der Waals surface area contributed by atoms with E-state index in [2.05, 4.69) is 54.7 Å². The normalized spacial score (nSPS) is 22.2. The first-order valence-electron chi connectivity index (χ1n) is 25.7. The molecule has 4 amide bonds. The fourth-order valence-corrected chi connectivity index (χ4v) is 10.3. The van der Waals surface area contributed by atoms with E-state index in [0.29, 0.717) is 26.2 Å². The zero-order valence-electron chi connectivity index (χ0n) is 42.3. The van der Waals surface area contributed by atoms with Crippen molar-refractivity contribution in [3.05, 3.63) is 76.9 Å². The van der Waals surface area contributed by atoms with Crippen molar-refractivity contribution in [2.75, 3.05) is 78.5 Å². The number of ether oxygens (including phenoxy) is 2. The summed E-state index contributed by atoms with van der Waals surface area (Å²) >= 11 is 2.29. The van der Waals surface area contributed by atoms with Crippen molar-refractivity contribution in [3.8, 4) is 22.6 Å². The molecule has 2 aliphatic carbocycles. The number of likely N-dealkylation sites (tertiary alicyclic amines) is 2. The van der Waals surface area contributed by atoms with Crippen LogP contribution in [0.5, 0.6) is 11.5 Å². The first-order valence-corrected chi connectivity index (χ1v) is 26.8. The second-order valence-corrected chi connectivity index (χ2v) is 22.4. The average Bonchev–Trinajstić information content (AvgIpc) is 3.82. The molecule has 18 heteroatoms. The molecule has 0 bridgehead atoms. The molecule has 11 rings (SSSR count). The van der Waals surface area contributed by atoms with Gasteiger partial charge in [0.25, 0.3) is 0 Å². The fourth-order valence-electron chi connectivity index (χ4n) is 9.96. The molecular formula is C52H74BIN10O6. The number of rotatable bonds is 8. The quantitative estimate of drug-likeness (QED) is 0.141. The van der Waals surface area contributed by atoms with E-state index in [9.17, 15) is 9.59 Å². The number of aryl methyl sites for hydroxylation is 2. The maximum Gasteiger partial charge on any atom is 0.498 e. The van der Waals surface area contributed by atoms with Crippen LogP contribution in [-0.2, 0) is 23.4 Å². The summed E-state index contributed by atoms with van der Waals surface area (Å²) in [5.74, 6) is 1.74. The minimum Gasteiger partial charge on any atom is -0.487 e. The van der Waals surface area contributed by atoms with Gasteiger partial charge in [-0.05, 0) is 131 Å². The fraction of sp³-hybridized carbons (Fsp3) is 0.615. The van der Waals surface area contributed by atoms with E-state index in [1.165, 1.54) is 42.1 Å². The van der Waals surface area contributed by atoms with E-state index in [1.807, 2.05) is 116 Å². The summed E-state index contributed by atoms with van der Waals surface area (Å²) in [5.41, 5.74) is 2.62. The van der Waals surface area contributed by atoms with E-state index in [0.717, 1.165) is 105 Å². The summed E-state index contributed by atoms with van der Waals surface area (Å²) < 4.78 is 28.5. The van der Waals surface area contributed by atoms with E-state index in [1.54, 1.807) is 15.6 Å². The van der Waals surface area contributed by atoms with Crippen molar-refractivity contribution in [1.82, 2.24) is 49.0 Å². The predicted molar refractivity (Wildman–Crippen MR) is 280 cm³/mol. The molecule has 70 heavy (non-hydrogen) atoms. The summed E-state index contributed by atoms with van der Waals surface area (Å²) in [7, 11) is 3.50. The van der Waals surface area contributed by atoms with Gasteiger partial charge in [0.05, 0.1) is 43.6 Å². The van der Waals surface area contributed by atoms with Crippen LogP contribution in [0.4, 0.5) is 9.59 Å². The summed E-state index contributed by atoms with van der Waals surface area (Å²) in [6.45, 7) is 18.8. The SMILES string of the molecule is Cn1cc(-c2ccc(OC3CN(C(=O)N4CCCN(C5CCC5)CC4)C3)cc2)cn1.Cn1cc(B2OC(C)(C)C(C)(C)O2)cn1.O=C(N1CCCN(C2CCC2)CC1)N1CC(Oc2ccc(I)cc2)C1. The Morgan fingerprint density at radius 1 is 0.571 bits per heavy atom. The van der Waals surface area contributed by atoms with Crippen LogP contribution < -0.4 is 14.9 Å². The predicted octanol–water partition coefficient (Wildman–Crippen LogP) is 6.58. The molecule has 16 nitrogen and oxygen atoms in total. The van der Waals surface area contributed by atoms with Crippen LogP contribution in [0.15, 0.2) is 73.3 Å². The largest absolute Gasteiger partial charge is 0.498 e. The van der Waals surface area contributed by atoms with Crippen LogP contribution in [-0.4, -0.2) is 182 Å². The van der Waals surface area contributed by atoms with Gasteiger partial charge in [0.15, 0.2) is 0 Å². The van der Waals surface area contributed by atoms with Gasteiger partial charge in [-0.1, -0.05) is 25.0 Å². The molecule has 0 radical (unpaired) electrons. The summed E-state index contributed by atoms with van der Waals surface area (Å²) in [5, 5.41) is 8.33. The van der Waals surface area contributed by atoms with Gasteiger partial charge in [-0.3, -0.25) is 19.2 Å². The molecule has 4 aromatic rings. The lowest BCUT2D eigenvalue weighted by atomic mass is 9.82. The lowest BCUT2D eigenvalue weighted by Gasteiger charge is -2.41. The number of halogens is 1. The van der Waals surface area contributed by atoms with Crippen LogP contribution in [0.2, 0.25) is 0 Å². The number of amides is 4. The highest BCUT2D eigenvalue weighted by Crippen LogP contribution is 2.36. The van der Waals surface area contributed by atoms with Crippen molar-refractivity contribution in [2.24, 2.45) is 14.1 Å². The monoisotopic (exact) mass is 1070 g/mol. The van der Waals surface area contributed by atoms with Crippen LogP contribution in [0.25, 0.3) is 11.1 Å². The van der Waals surface area contributed by atoms with Crippen LogP contribution in [0.1, 0.15) is 79.1 Å². The van der Waals surface area contributed by atoms with Gasteiger partial charge < -0.3 is 38.4 Å². The Morgan fingerprint density at radius 3 is 1.44 bits per heavy atom. The number of carbonyl (C=O) groups is 2. The molecule has 2 aromatic heterocycles. The second-order valence-electron chi connectivity index (χ2n) is 21.2. The molecule has 5 aliphatic heterocycles. The zero-order valence-corrected chi connectivity index (χ0v) is 44.4. The molecular weight excluding hydrogens is 998 g/mol. The number of nitrogens with zero attached hydrogens (tertiary/aromatic N) is 10. The Labute approximate surface area is 429 Å². The van der Waals surface area contributed by atoms with Crippen LogP contribution in [0, 0.1) is 3.57 Å². The third-order valence-electron chi connectivity index (χ3n) is 15.6. The standard InChI is InChI=1S/C23H31N5O2.C19H26IN3O2.C10H17BN2O2/c1-25-15-19(14-24-25)18-6-8-21(9-7-18)30-22-16-28(17-22)23(29)27-11-3-10-26(12-13-27)20-4-2-5-20;20-15-5-7-17(8-6-15)25-18-13-23(14-18)19(24)22-10-2-9-21(11-12-22)16-3-1-4-16;1-9(2)10(3,4)15-11(14-9)8-6-12-13(5)7-8/h6-9,14-15,20,22H,2-5,10-13,16-17H2,1H3;5-8,16,18H,1-4,9-14H2;6-7H,1-5H3. The highest BCUT2D eigenvalue weighted by molar-refractivity contribution is 14.1. The van der Waals surface area contributed by atoms with Gasteiger partial charge in [0, 0.05) is 112 Å². The lowest BCUT2D eigenvalue weighted by molar-refractivity contribution is 0.00578. The third-order valence-corrected chi connectivity index (χ3v) is 16.3. The number of hydrogen-bond donors (Lipinski definition) is 0. The molecule has 378 valence electrons. The van der Waals surface area contributed by atoms with Gasteiger partial charge >= 0.3 is 19.2 Å². The number of benzene rings is 2. The summed E-state index contributed by atoms with van der Waals surface area (Å²) in [4.78, 5) is 38.7. The number of urea groups is 2. The highest BCUT2D eigenvalue weighted by atomic mass is 127. The van der Waals surface area contributed by atoms with Crippen molar-refractivity contribution < 1.29 is 28.4 Å². The number of hydrogen-bond acceptors (Lipinski definition) is 10. The Kier molecular flexibility index (Phi) is 16.0. The lowest BCUT2D eigenvalue weighted by Crippen LogP contribution is -2.60. The second kappa shape index (κ2) is 22.2. The molecule has 7 fully saturated rings. The molecule has 0 atom stereocenters. The minimum atomic E-state index is -0.302. The summed E-state index contributed by atoms with van der Waals surface area (Å²) in [6.07, 6.45) is 18.0. The third kappa shape index (κ3) is 12.3. The maximum absolute atomic E-state index is 12.9. The molecule has 5 saturated heterocycles. The Morgan fingerprint density at radius 2 is 1.03 bits per heavy atom. The van der Waals surface area contributed by atoms with Crippen LogP contribution in [0.3, 0.4) is 0 Å². The van der Waals surface area contributed by atoms with Gasteiger partial charge in [0.2, 0.25) is 0 Å². The number of aromatic nitrogens is 4. The molecule has 0 spiro atoms. The zero-order chi connectivity index (χ0) is 49.0. The first-order chi connectivity index (χ1) is 33.7. The first kappa shape index (κ1) is 50.6. The Bertz CT molecular complexity index is 2330. The van der Waals surface area contributed by atoms with Crippen molar-refractivity contribution in [2.45, 2.75) is 115 Å². The minimum absolute atomic E-state index is 0.0802. The molecule has 2 saturated carbocycles. The topological polar surface area (TPSA) is 126 Å². The average molecular weight is 1070 g/mol. The molecule has 7 heterocycles. The van der Waals surface area contributed by atoms with E-state index in [4.69, 9.17) is 18.8 Å². The molecule has 0 N–H and O–H groups in total. The molecule has 2 aromatic carbocycles. The van der Waals surface area contributed by atoms with E-state index < -0.39 is 0 Å². The Hall–Kier alpha value is -4.37. The van der Waals surface area contributed by atoms with Crippen molar-refractivity contribution in [3.63, 3.8) is 0 Å². The Balaban J connectivity index is 0.000000138.